The number of aliphatic hydroxyl groups excluding tert-OH is 1. The molecule has 0 atom stereocenters. The third-order valence-corrected chi connectivity index (χ3v) is 11.5. The Labute approximate surface area is 340 Å². The van der Waals surface area contributed by atoms with Gasteiger partial charge in [0, 0.05) is 65.8 Å². The molecule has 0 fully saturated rings. The number of fused-ring (bicyclic) bond motifs is 3. The van der Waals surface area contributed by atoms with E-state index in [0.29, 0.717) is 5.92 Å². The second-order valence-electron chi connectivity index (χ2n) is 16.0. The van der Waals surface area contributed by atoms with Gasteiger partial charge >= 0.3 is 0 Å². The van der Waals surface area contributed by atoms with Gasteiger partial charge in [0.05, 0.1) is 5.76 Å². The quantitative estimate of drug-likeness (QED) is 0.0799. The number of aryl methyl sites for hydroxylation is 2. The summed E-state index contributed by atoms with van der Waals surface area (Å²) < 4.78 is 6.39. The minimum absolute atomic E-state index is 0. The number of carbonyl (C=O) groups is 1. The van der Waals surface area contributed by atoms with Crippen LogP contribution in [0.2, 0.25) is 0 Å². The summed E-state index contributed by atoms with van der Waals surface area (Å²) in [7, 11) is 0. The molecule has 4 nitrogen and oxygen atoms in total. The molecule has 0 aliphatic rings. The van der Waals surface area contributed by atoms with Crippen molar-refractivity contribution in [2.24, 2.45) is 17.8 Å². The SMILES string of the molecule is CCC(CC)C(=O)/C=C(\O)C(CC)CC.Cc1cc2c(-c3ccc4c(C)c(CC(C)C)oc4c3)cc(-c3[c-]c4ccccc4c(C(C)(C)C)c3)nc2s1.[Ir]. The predicted octanol–water partition coefficient (Wildman–Crippen LogP) is 14.3. The van der Waals surface area contributed by atoms with Gasteiger partial charge in [-0.2, -0.15) is 0 Å². The molecule has 289 valence electrons. The van der Waals surface area contributed by atoms with Crippen molar-refractivity contribution >= 4 is 49.1 Å². The molecule has 3 aromatic heterocycles. The van der Waals surface area contributed by atoms with Crippen LogP contribution >= 0.6 is 11.3 Å². The Bertz CT molecular complexity index is 2240. The number of hydrogen-bond donors (Lipinski definition) is 1. The van der Waals surface area contributed by atoms with Crippen LogP contribution in [0.5, 0.6) is 0 Å². The Morgan fingerprint density at radius 3 is 2.19 bits per heavy atom. The average molecular weight is 921 g/mol. The summed E-state index contributed by atoms with van der Waals surface area (Å²) in [6.07, 6.45) is 5.86. The van der Waals surface area contributed by atoms with E-state index < -0.39 is 0 Å². The van der Waals surface area contributed by atoms with E-state index in [0.717, 1.165) is 70.5 Å². The zero-order valence-corrected chi connectivity index (χ0v) is 37.3. The molecule has 0 unspecified atom stereocenters. The molecule has 1 N–H and O–H groups in total. The summed E-state index contributed by atoms with van der Waals surface area (Å²) in [5, 5.41) is 14.5. The van der Waals surface area contributed by atoms with E-state index in [4.69, 9.17) is 9.40 Å². The van der Waals surface area contributed by atoms with E-state index in [1.165, 1.54) is 43.8 Å². The molecular formula is C48H58IrNO3S-. The van der Waals surface area contributed by atoms with Gasteiger partial charge in [-0.1, -0.05) is 110 Å². The minimum atomic E-state index is 0. The Morgan fingerprint density at radius 2 is 1.56 bits per heavy atom. The number of pyridine rings is 1. The number of aromatic nitrogens is 1. The van der Waals surface area contributed by atoms with Crippen molar-refractivity contribution in [2.45, 2.75) is 114 Å². The molecule has 6 rings (SSSR count). The Morgan fingerprint density at radius 1 is 0.889 bits per heavy atom. The zero-order chi connectivity index (χ0) is 38.6. The van der Waals surface area contributed by atoms with Crippen molar-refractivity contribution < 1.29 is 34.4 Å². The third kappa shape index (κ3) is 9.62. The fourth-order valence-corrected chi connectivity index (χ4v) is 8.19. The van der Waals surface area contributed by atoms with Gasteiger partial charge in [0.15, 0.2) is 5.78 Å². The summed E-state index contributed by atoms with van der Waals surface area (Å²) in [6.45, 7) is 23.7. The maximum atomic E-state index is 11.7. The van der Waals surface area contributed by atoms with E-state index in [1.807, 2.05) is 27.7 Å². The first kappa shape index (κ1) is 43.2. The van der Waals surface area contributed by atoms with Crippen LogP contribution in [0, 0.1) is 37.7 Å². The van der Waals surface area contributed by atoms with E-state index in [2.05, 4.69) is 115 Å². The number of benzene rings is 3. The van der Waals surface area contributed by atoms with E-state index in [1.54, 1.807) is 11.3 Å². The van der Waals surface area contributed by atoms with Gasteiger partial charge in [0.2, 0.25) is 0 Å². The average Bonchev–Trinajstić information content (AvgIpc) is 3.65. The van der Waals surface area contributed by atoms with Gasteiger partial charge in [-0.15, -0.1) is 40.5 Å². The smallest absolute Gasteiger partial charge is 0.162 e. The van der Waals surface area contributed by atoms with Crippen LogP contribution in [0.1, 0.15) is 110 Å². The van der Waals surface area contributed by atoms with Gasteiger partial charge < -0.3 is 9.52 Å². The third-order valence-electron chi connectivity index (χ3n) is 10.5. The van der Waals surface area contributed by atoms with Crippen LogP contribution in [0.3, 0.4) is 0 Å². The number of rotatable bonds is 11. The van der Waals surface area contributed by atoms with Crippen LogP contribution in [-0.4, -0.2) is 15.9 Å². The summed E-state index contributed by atoms with van der Waals surface area (Å²) in [5.41, 5.74) is 7.89. The van der Waals surface area contributed by atoms with Crippen LogP contribution < -0.4 is 0 Å². The first-order valence-electron chi connectivity index (χ1n) is 19.5. The fourth-order valence-electron chi connectivity index (χ4n) is 7.29. The molecule has 54 heavy (non-hydrogen) atoms. The second-order valence-corrected chi connectivity index (χ2v) is 17.2. The molecule has 1 radical (unpaired) electrons. The molecule has 0 aliphatic carbocycles. The number of nitrogens with zero attached hydrogens (tertiary/aromatic N) is 1. The number of ketones is 1. The molecule has 6 heteroatoms. The summed E-state index contributed by atoms with van der Waals surface area (Å²) >= 11 is 1.75. The molecular weight excluding hydrogens is 863 g/mol. The summed E-state index contributed by atoms with van der Waals surface area (Å²) in [6, 6.07) is 25.7. The maximum absolute atomic E-state index is 11.7. The molecule has 0 spiro atoms. The van der Waals surface area contributed by atoms with Crippen LogP contribution in [0.4, 0.5) is 0 Å². The summed E-state index contributed by atoms with van der Waals surface area (Å²) in [4.78, 5) is 19.2. The number of furan rings is 1. The van der Waals surface area contributed by atoms with Gasteiger partial charge in [-0.3, -0.25) is 9.78 Å². The summed E-state index contributed by atoms with van der Waals surface area (Å²) in [5.74, 6) is 2.20. The molecule has 3 aromatic carbocycles. The van der Waals surface area contributed by atoms with Crippen molar-refractivity contribution in [2.75, 3.05) is 0 Å². The van der Waals surface area contributed by atoms with Gasteiger partial charge in [0.1, 0.15) is 16.2 Å². The van der Waals surface area contributed by atoms with Crippen LogP contribution in [0.25, 0.3) is 54.3 Å². The van der Waals surface area contributed by atoms with E-state index in [-0.39, 0.29) is 48.9 Å². The molecule has 0 saturated heterocycles. The molecule has 0 amide bonds. The molecule has 0 aliphatic heterocycles. The topological polar surface area (TPSA) is 63.3 Å². The van der Waals surface area contributed by atoms with Gasteiger partial charge in [0.25, 0.3) is 0 Å². The van der Waals surface area contributed by atoms with Crippen molar-refractivity contribution in [3.05, 3.63) is 100 Å². The Hall–Kier alpha value is -3.57. The monoisotopic (exact) mass is 921 g/mol. The Kier molecular flexibility index (Phi) is 14.7. The van der Waals surface area contributed by atoms with Gasteiger partial charge in [-0.25, -0.2) is 0 Å². The Balaban J connectivity index is 0.000000347. The van der Waals surface area contributed by atoms with Crippen molar-refractivity contribution in [3.8, 4) is 22.4 Å². The standard InChI is InChI=1S/C35H34NOS.C13H24O2.Ir/c1-20(2)14-32-22(4)26-13-12-24(18-33(26)37-32)28-19-31(36-34-29(28)15-21(3)38-34)25-16-23-10-8-9-11-27(23)30(17-25)35(5,6)7;1-5-10(6-2)12(14)9-13(15)11(7-3)8-4;/h8-13,15,17-20H,14H2,1-7H3;9-11,14H,5-8H2,1-4H3;/q-1;;/b;12-9-;. The van der Waals surface area contributed by atoms with Crippen molar-refractivity contribution in [1.82, 2.24) is 4.98 Å². The second kappa shape index (κ2) is 18.4. The minimum Gasteiger partial charge on any atom is -0.512 e. The first-order valence-corrected chi connectivity index (χ1v) is 20.3. The van der Waals surface area contributed by atoms with E-state index in [9.17, 15) is 9.90 Å². The van der Waals surface area contributed by atoms with Crippen LogP contribution in [-0.2, 0) is 36.7 Å². The number of thiophene rings is 1. The normalized spacial score (nSPS) is 12.2. The van der Waals surface area contributed by atoms with E-state index >= 15 is 0 Å². The first-order chi connectivity index (χ1) is 25.2. The molecule has 6 aromatic rings. The van der Waals surface area contributed by atoms with Gasteiger partial charge in [-0.05, 0) is 79.7 Å². The number of carbonyl (C=O) groups excluding carboxylic acids is 1. The number of aliphatic hydroxyl groups is 1. The van der Waals surface area contributed by atoms with Crippen molar-refractivity contribution in [1.29, 1.82) is 0 Å². The predicted molar refractivity (Wildman–Crippen MR) is 227 cm³/mol. The molecule has 3 heterocycles. The fraction of sp³-hybridized carbons (Fsp3) is 0.417. The largest absolute Gasteiger partial charge is 0.512 e. The number of allylic oxidation sites excluding steroid dienone is 2. The van der Waals surface area contributed by atoms with Crippen molar-refractivity contribution in [3.63, 3.8) is 0 Å². The van der Waals surface area contributed by atoms with Crippen LogP contribution in [0.15, 0.2) is 76.9 Å². The number of hydrogen-bond acceptors (Lipinski definition) is 5. The zero-order valence-electron chi connectivity index (χ0n) is 34.1. The maximum Gasteiger partial charge on any atom is 0.162 e. The molecule has 0 bridgehead atoms. The molecule has 0 saturated carbocycles.